The van der Waals surface area contributed by atoms with Crippen molar-refractivity contribution in [1.29, 1.82) is 0 Å². The Kier molecular flexibility index (Phi) is 5.71. The maximum Gasteiger partial charge on any atom is 0.327 e. The van der Waals surface area contributed by atoms with Crippen molar-refractivity contribution in [2.45, 2.75) is 26.3 Å². The van der Waals surface area contributed by atoms with Gasteiger partial charge in [-0.3, -0.25) is 0 Å². The van der Waals surface area contributed by atoms with Crippen molar-refractivity contribution in [2.75, 3.05) is 13.2 Å². The van der Waals surface area contributed by atoms with Gasteiger partial charge in [0.15, 0.2) is 0 Å². The van der Waals surface area contributed by atoms with E-state index in [1.807, 2.05) is 6.92 Å². The van der Waals surface area contributed by atoms with E-state index >= 15 is 0 Å². The van der Waals surface area contributed by atoms with E-state index in [1.165, 1.54) is 18.2 Å². The molecule has 0 bridgehead atoms. The second kappa shape index (κ2) is 7.06. The second-order valence-electron chi connectivity index (χ2n) is 3.71. The molecule has 3 nitrogen and oxygen atoms in total. The van der Waals surface area contributed by atoms with E-state index in [4.69, 9.17) is 4.74 Å². The molecule has 1 N–H and O–H groups in total. The van der Waals surface area contributed by atoms with Gasteiger partial charge in [-0.25, -0.2) is 13.6 Å². The molecule has 18 heavy (non-hydrogen) atoms. The fourth-order valence-corrected chi connectivity index (χ4v) is 1.64. The number of hydrogen-bond acceptors (Lipinski definition) is 3. The highest BCUT2D eigenvalue weighted by Crippen LogP contribution is 2.23. The molecule has 0 aliphatic heterocycles. The minimum Gasteiger partial charge on any atom is -0.465 e. The lowest BCUT2D eigenvalue weighted by molar-refractivity contribution is -0.145. The van der Waals surface area contributed by atoms with E-state index in [1.54, 1.807) is 13.0 Å². The maximum atomic E-state index is 12.6. The number of carbonyl (C=O) groups excluding carboxylic acids is 1. The lowest BCUT2D eigenvalue weighted by atomic mass is 10.0. The van der Waals surface area contributed by atoms with Gasteiger partial charge in [-0.15, -0.1) is 0 Å². The maximum absolute atomic E-state index is 12.6. The van der Waals surface area contributed by atoms with Crippen LogP contribution in [-0.4, -0.2) is 19.1 Å². The first-order chi connectivity index (χ1) is 8.60. The van der Waals surface area contributed by atoms with Crippen LogP contribution >= 0.6 is 0 Å². The van der Waals surface area contributed by atoms with Gasteiger partial charge in [0.2, 0.25) is 0 Å². The Labute approximate surface area is 105 Å². The van der Waals surface area contributed by atoms with Crippen LogP contribution in [0.15, 0.2) is 24.3 Å². The first-order valence-corrected chi connectivity index (χ1v) is 5.88. The van der Waals surface area contributed by atoms with Gasteiger partial charge in [-0.1, -0.05) is 25.1 Å². The Bertz CT molecular complexity index is 396. The molecule has 0 heterocycles. The normalized spacial score (nSPS) is 12.5. The highest BCUT2D eigenvalue weighted by Gasteiger charge is 2.21. The quantitative estimate of drug-likeness (QED) is 0.796. The van der Waals surface area contributed by atoms with Crippen molar-refractivity contribution in [1.82, 2.24) is 5.32 Å². The van der Waals surface area contributed by atoms with Gasteiger partial charge < -0.3 is 10.1 Å². The molecular weight excluding hydrogens is 240 g/mol. The number of alkyl halides is 2. The highest BCUT2D eigenvalue weighted by atomic mass is 19.3. The van der Waals surface area contributed by atoms with Gasteiger partial charge in [0.1, 0.15) is 6.04 Å². The monoisotopic (exact) mass is 257 g/mol. The summed E-state index contributed by atoms with van der Waals surface area (Å²) in [6, 6.07) is 5.11. The standard InChI is InChI=1S/C13H17F2NO2/c1-3-16-11(13(17)18-4-2)9-6-5-7-10(8-9)12(14)15/h5-8,11-12,16H,3-4H2,1-2H3. The summed E-state index contributed by atoms with van der Waals surface area (Å²) in [5.74, 6) is -0.453. The summed E-state index contributed by atoms with van der Waals surface area (Å²) in [4.78, 5) is 11.7. The van der Waals surface area contributed by atoms with Crippen LogP contribution < -0.4 is 5.32 Å². The first kappa shape index (κ1) is 14.6. The Morgan fingerprint density at radius 3 is 2.56 bits per heavy atom. The van der Waals surface area contributed by atoms with Crippen molar-refractivity contribution < 1.29 is 18.3 Å². The Morgan fingerprint density at radius 1 is 1.33 bits per heavy atom. The number of likely N-dealkylation sites (N-methyl/N-ethyl adjacent to an activating group) is 1. The minimum absolute atomic E-state index is 0.0975. The summed E-state index contributed by atoms with van der Waals surface area (Å²) in [7, 11) is 0. The molecular formula is C13H17F2NO2. The Morgan fingerprint density at radius 2 is 2.00 bits per heavy atom. The van der Waals surface area contributed by atoms with Crippen molar-refractivity contribution in [3.63, 3.8) is 0 Å². The summed E-state index contributed by atoms with van der Waals surface area (Å²) in [5.41, 5.74) is 0.396. The van der Waals surface area contributed by atoms with Crippen molar-refractivity contribution in [2.24, 2.45) is 0 Å². The number of carbonyl (C=O) groups is 1. The van der Waals surface area contributed by atoms with E-state index in [0.29, 0.717) is 12.1 Å². The zero-order valence-electron chi connectivity index (χ0n) is 10.5. The van der Waals surface area contributed by atoms with Crippen molar-refractivity contribution in [3.8, 4) is 0 Å². The average Bonchev–Trinajstić information content (AvgIpc) is 2.36. The third-order valence-electron chi connectivity index (χ3n) is 2.43. The van der Waals surface area contributed by atoms with Crippen LogP contribution in [0.2, 0.25) is 0 Å². The molecule has 0 aliphatic rings. The Hall–Kier alpha value is -1.49. The highest BCUT2D eigenvalue weighted by molar-refractivity contribution is 5.77. The van der Waals surface area contributed by atoms with E-state index in [2.05, 4.69) is 5.32 Å². The molecule has 0 fully saturated rings. The van der Waals surface area contributed by atoms with E-state index in [-0.39, 0.29) is 12.2 Å². The molecule has 0 aliphatic carbocycles. The summed E-state index contributed by atoms with van der Waals surface area (Å²) in [6.07, 6.45) is -2.55. The number of esters is 1. The molecule has 1 aromatic carbocycles. The van der Waals surface area contributed by atoms with Crippen LogP contribution in [0.3, 0.4) is 0 Å². The molecule has 1 unspecified atom stereocenters. The van der Waals surface area contributed by atoms with Crippen LogP contribution in [0.4, 0.5) is 8.78 Å². The molecule has 100 valence electrons. The summed E-state index contributed by atoms with van der Waals surface area (Å²) >= 11 is 0. The summed E-state index contributed by atoms with van der Waals surface area (Å²) < 4.78 is 30.1. The van der Waals surface area contributed by atoms with Crippen LogP contribution in [0.25, 0.3) is 0 Å². The van der Waals surface area contributed by atoms with E-state index in [0.717, 1.165) is 0 Å². The van der Waals surface area contributed by atoms with Crippen molar-refractivity contribution in [3.05, 3.63) is 35.4 Å². The third-order valence-corrected chi connectivity index (χ3v) is 2.43. The smallest absolute Gasteiger partial charge is 0.327 e. The number of ether oxygens (including phenoxy) is 1. The van der Waals surface area contributed by atoms with Crippen LogP contribution in [0.1, 0.15) is 37.4 Å². The molecule has 0 saturated carbocycles. The lowest BCUT2D eigenvalue weighted by Crippen LogP contribution is -2.30. The predicted octanol–water partition coefficient (Wildman–Crippen LogP) is 2.84. The van der Waals surface area contributed by atoms with Gasteiger partial charge in [0.25, 0.3) is 6.43 Å². The molecule has 0 saturated heterocycles. The first-order valence-electron chi connectivity index (χ1n) is 5.88. The number of benzene rings is 1. The number of halogens is 2. The van der Waals surface area contributed by atoms with Gasteiger partial charge >= 0.3 is 5.97 Å². The molecule has 1 aromatic rings. The SMILES string of the molecule is CCNC(C(=O)OCC)c1cccc(C(F)F)c1. The van der Waals surface area contributed by atoms with Gasteiger partial charge in [0, 0.05) is 5.56 Å². The van der Waals surface area contributed by atoms with Crippen LogP contribution in [0, 0.1) is 0 Å². The summed E-state index contributed by atoms with van der Waals surface area (Å²) in [5, 5.41) is 2.93. The number of rotatable bonds is 6. The predicted molar refractivity (Wildman–Crippen MR) is 64.4 cm³/mol. The van der Waals surface area contributed by atoms with Gasteiger partial charge in [-0.2, -0.15) is 0 Å². The molecule has 1 atom stereocenters. The molecule has 5 heteroatoms. The van der Waals surface area contributed by atoms with Crippen LogP contribution in [-0.2, 0) is 9.53 Å². The minimum atomic E-state index is -2.55. The second-order valence-corrected chi connectivity index (χ2v) is 3.71. The molecule has 0 amide bonds. The van der Waals surface area contributed by atoms with E-state index in [9.17, 15) is 13.6 Å². The van der Waals surface area contributed by atoms with Crippen LogP contribution in [0.5, 0.6) is 0 Å². The molecule has 0 aromatic heterocycles. The molecule has 1 rings (SSSR count). The number of hydrogen-bond donors (Lipinski definition) is 1. The largest absolute Gasteiger partial charge is 0.465 e. The molecule has 0 radical (unpaired) electrons. The third kappa shape index (κ3) is 3.77. The van der Waals surface area contributed by atoms with E-state index < -0.39 is 18.4 Å². The van der Waals surface area contributed by atoms with Crippen molar-refractivity contribution >= 4 is 5.97 Å². The fraction of sp³-hybridized carbons (Fsp3) is 0.462. The number of nitrogens with one attached hydrogen (secondary N) is 1. The Balaban J connectivity index is 2.97. The zero-order valence-corrected chi connectivity index (χ0v) is 10.5. The molecule has 0 spiro atoms. The zero-order chi connectivity index (χ0) is 13.5. The topological polar surface area (TPSA) is 38.3 Å². The van der Waals surface area contributed by atoms with Gasteiger partial charge in [-0.05, 0) is 25.1 Å². The summed E-state index contributed by atoms with van der Waals surface area (Å²) in [6.45, 7) is 4.34. The average molecular weight is 257 g/mol. The fourth-order valence-electron chi connectivity index (χ4n) is 1.64. The van der Waals surface area contributed by atoms with Gasteiger partial charge in [0.05, 0.1) is 6.61 Å². The lowest BCUT2D eigenvalue weighted by Gasteiger charge is -2.17.